The normalized spacial score (nSPS) is 11.5. The van der Waals surface area contributed by atoms with Crippen LogP contribution in [0.1, 0.15) is 58.5 Å². The Balaban J connectivity index is 1.43. The molecule has 8 heteroatoms. The molecule has 4 aromatic rings. The summed E-state index contributed by atoms with van der Waals surface area (Å²) in [6, 6.07) is 21.1. The molecule has 0 N–H and O–H groups in total. The average molecular weight is 590 g/mol. The Morgan fingerprint density at radius 2 is 1.45 bits per heavy atom. The molecule has 0 bridgehead atoms. The van der Waals surface area contributed by atoms with Gasteiger partial charge in [0, 0.05) is 32.1 Å². The quantitative estimate of drug-likeness (QED) is 0.176. The monoisotopic (exact) mass is 589 g/mol. The van der Waals surface area contributed by atoms with Crippen LogP contribution in [0.15, 0.2) is 72.1 Å². The van der Waals surface area contributed by atoms with E-state index in [1.54, 1.807) is 26.2 Å². The molecule has 0 unspecified atom stereocenters. The smallest absolute Gasteiger partial charge is 0.273 e. The summed E-state index contributed by atoms with van der Waals surface area (Å²) in [5.41, 5.74) is 5.08. The highest BCUT2D eigenvalue weighted by Gasteiger charge is 2.19. The van der Waals surface area contributed by atoms with Crippen LogP contribution in [0.25, 0.3) is 0 Å². The van der Waals surface area contributed by atoms with E-state index in [4.69, 9.17) is 14.5 Å². The first-order valence-electron chi connectivity index (χ1n) is 14.0. The van der Waals surface area contributed by atoms with E-state index in [0.717, 1.165) is 16.1 Å². The number of amides is 1. The molecular weight excluding hydrogens is 549 g/mol. The van der Waals surface area contributed by atoms with Crippen molar-refractivity contribution in [2.75, 3.05) is 27.8 Å². The molecule has 0 saturated carbocycles. The van der Waals surface area contributed by atoms with Crippen molar-refractivity contribution >= 4 is 17.2 Å². The van der Waals surface area contributed by atoms with E-state index in [1.807, 2.05) is 35.7 Å². The van der Waals surface area contributed by atoms with Crippen LogP contribution in [0.2, 0.25) is 0 Å². The lowest BCUT2D eigenvalue weighted by Crippen LogP contribution is -2.29. The molecule has 0 radical (unpaired) electrons. The van der Waals surface area contributed by atoms with Gasteiger partial charge < -0.3 is 14.4 Å². The van der Waals surface area contributed by atoms with Gasteiger partial charge in [0.05, 0.1) is 20.8 Å². The number of methoxy groups -OCH3 is 2. The third-order valence-corrected chi connectivity index (χ3v) is 8.04. The van der Waals surface area contributed by atoms with Crippen LogP contribution in [-0.4, -0.2) is 48.5 Å². The molecule has 0 aliphatic carbocycles. The van der Waals surface area contributed by atoms with E-state index in [9.17, 15) is 9.18 Å². The van der Waals surface area contributed by atoms with Crippen LogP contribution in [0, 0.1) is 5.82 Å². The molecule has 0 fully saturated rings. The molecular formula is C34H40FN3O3S. The number of aromatic nitrogens is 1. The highest BCUT2D eigenvalue weighted by atomic mass is 32.1. The summed E-state index contributed by atoms with van der Waals surface area (Å²) in [7, 11) is 5.02. The van der Waals surface area contributed by atoms with Crippen molar-refractivity contribution in [3.63, 3.8) is 0 Å². The van der Waals surface area contributed by atoms with E-state index in [1.165, 1.54) is 34.6 Å². The van der Waals surface area contributed by atoms with Gasteiger partial charge in [-0.15, -0.1) is 11.3 Å². The largest absolute Gasteiger partial charge is 0.493 e. The summed E-state index contributed by atoms with van der Waals surface area (Å²) < 4.78 is 24.3. The van der Waals surface area contributed by atoms with Gasteiger partial charge in [-0.2, -0.15) is 0 Å². The molecule has 3 aromatic carbocycles. The third-order valence-electron chi connectivity index (χ3n) is 7.21. The summed E-state index contributed by atoms with van der Waals surface area (Å²) in [5.74, 6) is 0.988. The van der Waals surface area contributed by atoms with Gasteiger partial charge in [0.25, 0.3) is 5.91 Å². The fraction of sp³-hybridized carbons (Fsp3) is 0.353. The molecule has 6 nitrogen and oxygen atoms in total. The van der Waals surface area contributed by atoms with Crippen molar-refractivity contribution in [3.8, 4) is 11.5 Å². The molecule has 0 saturated heterocycles. The summed E-state index contributed by atoms with van der Waals surface area (Å²) >= 11 is 1.49. The maximum atomic E-state index is 13.5. The van der Waals surface area contributed by atoms with Crippen molar-refractivity contribution in [1.29, 1.82) is 0 Å². The Labute approximate surface area is 252 Å². The van der Waals surface area contributed by atoms with E-state index in [-0.39, 0.29) is 17.1 Å². The Morgan fingerprint density at radius 1 is 0.857 bits per heavy atom. The van der Waals surface area contributed by atoms with Gasteiger partial charge in [0.2, 0.25) is 0 Å². The predicted octanol–water partition coefficient (Wildman–Crippen LogP) is 7.11. The minimum absolute atomic E-state index is 0.0881. The predicted molar refractivity (Wildman–Crippen MR) is 167 cm³/mol. The van der Waals surface area contributed by atoms with Crippen LogP contribution in [0.5, 0.6) is 11.5 Å². The first-order chi connectivity index (χ1) is 20.0. The van der Waals surface area contributed by atoms with Crippen LogP contribution in [-0.2, 0) is 31.5 Å². The number of benzene rings is 3. The fourth-order valence-corrected chi connectivity index (χ4v) is 5.50. The van der Waals surface area contributed by atoms with Gasteiger partial charge in [-0.05, 0) is 58.4 Å². The topological polar surface area (TPSA) is 54.9 Å². The zero-order chi connectivity index (χ0) is 30.3. The Hall–Kier alpha value is -3.75. The lowest BCUT2D eigenvalue weighted by Gasteiger charge is -2.23. The highest BCUT2D eigenvalue weighted by molar-refractivity contribution is 7.09. The van der Waals surface area contributed by atoms with Gasteiger partial charge in [-0.1, -0.05) is 63.2 Å². The number of halogens is 1. The fourth-order valence-electron chi connectivity index (χ4n) is 4.69. The van der Waals surface area contributed by atoms with Crippen molar-refractivity contribution < 1.29 is 18.7 Å². The maximum Gasteiger partial charge on any atom is 0.273 e. The number of hydrogen-bond donors (Lipinski definition) is 0. The number of nitrogens with zero attached hydrogens (tertiary/aromatic N) is 3. The summed E-state index contributed by atoms with van der Waals surface area (Å²) in [6.07, 6.45) is 0.680. The minimum atomic E-state index is -0.249. The molecule has 0 aliphatic heterocycles. The van der Waals surface area contributed by atoms with Gasteiger partial charge in [-0.3, -0.25) is 9.69 Å². The molecule has 42 heavy (non-hydrogen) atoms. The van der Waals surface area contributed by atoms with Crippen molar-refractivity contribution in [2.24, 2.45) is 0 Å². The summed E-state index contributed by atoms with van der Waals surface area (Å²) in [5, 5.41) is 2.69. The number of ether oxygens (including phenoxy) is 2. The second-order valence-corrected chi connectivity index (χ2v) is 12.5. The zero-order valence-corrected chi connectivity index (χ0v) is 26.1. The number of carbonyl (C=O) groups is 1. The van der Waals surface area contributed by atoms with Crippen LogP contribution in [0.3, 0.4) is 0 Å². The minimum Gasteiger partial charge on any atom is -0.493 e. The molecule has 1 amide bonds. The van der Waals surface area contributed by atoms with E-state index >= 15 is 0 Å². The van der Waals surface area contributed by atoms with Crippen molar-refractivity contribution in [3.05, 3.63) is 111 Å². The number of rotatable bonds is 12. The molecule has 1 aromatic heterocycles. The SMILES string of the molecule is COc1ccc(CCN(C)C(=O)c2csc(CN(Cc3ccc(F)cc3)Cc3ccc(C(C)(C)C)cc3)n2)cc1OC. The number of hydrogen-bond acceptors (Lipinski definition) is 6. The lowest BCUT2D eigenvalue weighted by molar-refractivity contribution is 0.0791. The van der Waals surface area contributed by atoms with Gasteiger partial charge in [0.15, 0.2) is 11.5 Å². The maximum absolute atomic E-state index is 13.5. The summed E-state index contributed by atoms with van der Waals surface area (Å²) in [4.78, 5) is 21.9. The van der Waals surface area contributed by atoms with Crippen molar-refractivity contribution in [1.82, 2.24) is 14.8 Å². The van der Waals surface area contributed by atoms with Gasteiger partial charge >= 0.3 is 0 Å². The molecule has 4 rings (SSSR count). The molecule has 0 atom stereocenters. The molecule has 0 aliphatic rings. The Bertz CT molecular complexity index is 1460. The number of carbonyl (C=O) groups excluding carboxylic acids is 1. The van der Waals surface area contributed by atoms with Crippen LogP contribution < -0.4 is 9.47 Å². The lowest BCUT2D eigenvalue weighted by atomic mass is 9.87. The van der Waals surface area contributed by atoms with Gasteiger partial charge in [-0.25, -0.2) is 9.37 Å². The number of thiazole rings is 1. The molecule has 0 spiro atoms. The molecule has 1 heterocycles. The first kappa shape index (κ1) is 31.2. The first-order valence-corrected chi connectivity index (χ1v) is 14.9. The number of likely N-dealkylation sites (N-methyl/N-ethyl adjacent to an activating group) is 1. The standard InChI is InChI=1S/C34H40FN3O3S/c1-34(2,3)27-12-7-25(8-13-27)20-38(21-26-9-14-28(35)15-10-26)22-32-36-29(23-42-32)33(39)37(4)18-17-24-11-16-30(40-5)31(19-24)41-6/h7-16,19,23H,17-18,20-22H2,1-6H3. The second kappa shape index (κ2) is 13.9. The second-order valence-electron chi connectivity index (χ2n) is 11.5. The average Bonchev–Trinajstić information content (AvgIpc) is 3.44. The van der Waals surface area contributed by atoms with Crippen LogP contribution in [0.4, 0.5) is 4.39 Å². The van der Waals surface area contributed by atoms with Gasteiger partial charge in [0.1, 0.15) is 16.5 Å². The molecule has 222 valence electrons. The Kier molecular flexibility index (Phi) is 10.4. The zero-order valence-electron chi connectivity index (χ0n) is 25.3. The third kappa shape index (κ3) is 8.39. The van der Waals surface area contributed by atoms with E-state index < -0.39 is 0 Å². The van der Waals surface area contributed by atoms with E-state index in [0.29, 0.717) is 49.8 Å². The Morgan fingerprint density at radius 3 is 2.05 bits per heavy atom. The highest BCUT2D eigenvalue weighted by Crippen LogP contribution is 2.28. The van der Waals surface area contributed by atoms with Crippen LogP contribution >= 0.6 is 11.3 Å². The summed E-state index contributed by atoms with van der Waals surface area (Å²) in [6.45, 7) is 9.08. The van der Waals surface area contributed by atoms with Crippen molar-refractivity contribution in [2.45, 2.75) is 52.2 Å². The van der Waals surface area contributed by atoms with E-state index in [2.05, 4.69) is 49.9 Å².